The van der Waals surface area contributed by atoms with E-state index in [0.29, 0.717) is 24.8 Å². The lowest BCUT2D eigenvalue weighted by molar-refractivity contribution is -0.131. The summed E-state index contributed by atoms with van der Waals surface area (Å²) in [5, 5.41) is 3.03. The number of nitrogens with one attached hydrogen (secondary N) is 1. The Morgan fingerprint density at radius 3 is 2.67 bits per heavy atom. The fourth-order valence-electron chi connectivity index (χ4n) is 4.21. The number of carbonyl (C=O) groups excluding carboxylic acids is 2. The molecule has 5 heteroatoms. The van der Waals surface area contributed by atoms with Gasteiger partial charge in [-0.15, -0.1) is 0 Å². The SMILES string of the molecule is CC[C@@H](Oc1ccc2c(c1)[C@H](c1cccc(C)c1)N(C(C)=O)CC2)C(=O)NC1CC1. The molecule has 4 rings (SSSR count). The fraction of sp³-hybridized carbons (Fsp3) is 0.440. The maximum Gasteiger partial charge on any atom is 0.261 e. The van der Waals surface area contributed by atoms with Gasteiger partial charge in [0.05, 0.1) is 6.04 Å². The summed E-state index contributed by atoms with van der Waals surface area (Å²) in [5.74, 6) is 0.696. The number of hydrogen-bond donors (Lipinski definition) is 1. The first-order valence-electron chi connectivity index (χ1n) is 10.9. The lowest BCUT2D eigenvalue weighted by Gasteiger charge is -2.37. The Bertz CT molecular complexity index is 951. The van der Waals surface area contributed by atoms with Crippen LogP contribution in [0.25, 0.3) is 0 Å². The summed E-state index contributed by atoms with van der Waals surface area (Å²) in [5.41, 5.74) is 4.57. The van der Waals surface area contributed by atoms with Gasteiger partial charge in [-0.1, -0.05) is 42.8 Å². The van der Waals surface area contributed by atoms with Gasteiger partial charge < -0.3 is 15.0 Å². The molecule has 5 nitrogen and oxygen atoms in total. The van der Waals surface area contributed by atoms with Crippen molar-refractivity contribution in [1.82, 2.24) is 10.2 Å². The normalized spacial score (nSPS) is 19.0. The molecule has 1 N–H and O–H groups in total. The van der Waals surface area contributed by atoms with Crippen LogP contribution in [0.1, 0.15) is 61.4 Å². The van der Waals surface area contributed by atoms with E-state index >= 15 is 0 Å². The van der Waals surface area contributed by atoms with Gasteiger partial charge in [-0.05, 0) is 61.4 Å². The number of hydrogen-bond acceptors (Lipinski definition) is 3. The van der Waals surface area contributed by atoms with Crippen LogP contribution in [-0.4, -0.2) is 35.4 Å². The molecule has 30 heavy (non-hydrogen) atoms. The average Bonchev–Trinajstić information content (AvgIpc) is 3.54. The summed E-state index contributed by atoms with van der Waals surface area (Å²) in [4.78, 5) is 26.8. The van der Waals surface area contributed by atoms with Gasteiger partial charge in [0, 0.05) is 19.5 Å². The van der Waals surface area contributed by atoms with E-state index in [1.807, 2.05) is 30.0 Å². The molecule has 1 aliphatic carbocycles. The molecule has 0 radical (unpaired) electrons. The van der Waals surface area contributed by atoms with Crippen LogP contribution in [0.4, 0.5) is 0 Å². The number of ether oxygens (including phenoxy) is 1. The van der Waals surface area contributed by atoms with Gasteiger partial charge in [-0.2, -0.15) is 0 Å². The van der Waals surface area contributed by atoms with Gasteiger partial charge in [-0.3, -0.25) is 9.59 Å². The lowest BCUT2D eigenvalue weighted by Crippen LogP contribution is -2.40. The van der Waals surface area contributed by atoms with Crippen LogP contribution in [0.3, 0.4) is 0 Å². The Hall–Kier alpha value is -2.82. The summed E-state index contributed by atoms with van der Waals surface area (Å²) in [6, 6.07) is 14.5. The van der Waals surface area contributed by atoms with Gasteiger partial charge in [-0.25, -0.2) is 0 Å². The number of fused-ring (bicyclic) bond motifs is 1. The molecule has 1 saturated carbocycles. The number of carbonyl (C=O) groups is 2. The highest BCUT2D eigenvalue weighted by Gasteiger charge is 2.32. The highest BCUT2D eigenvalue weighted by molar-refractivity contribution is 5.81. The molecule has 0 unspecified atom stereocenters. The Balaban J connectivity index is 1.66. The third-order valence-electron chi connectivity index (χ3n) is 5.97. The summed E-state index contributed by atoms with van der Waals surface area (Å²) >= 11 is 0. The maximum absolute atomic E-state index is 12.5. The molecule has 2 atom stereocenters. The van der Waals surface area contributed by atoms with Crippen LogP contribution in [0.2, 0.25) is 0 Å². The minimum atomic E-state index is -0.506. The van der Waals surface area contributed by atoms with Crippen molar-refractivity contribution in [3.8, 4) is 5.75 Å². The zero-order valence-electron chi connectivity index (χ0n) is 18.0. The van der Waals surface area contributed by atoms with Crippen LogP contribution in [0.15, 0.2) is 42.5 Å². The van der Waals surface area contributed by atoms with E-state index in [9.17, 15) is 9.59 Å². The first-order chi connectivity index (χ1) is 14.5. The van der Waals surface area contributed by atoms with E-state index in [1.165, 1.54) is 11.1 Å². The molecule has 0 bridgehead atoms. The lowest BCUT2D eigenvalue weighted by atomic mass is 9.87. The van der Waals surface area contributed by atoms with Crippen molar-refractivity contribution in [1.29, 1.82) is 0 Å². The number of aryl methyl sites for hydroxylation is 1. The fourth-order valence-corrected chi connectivity index (χ4v) is 4.21. The number of rotatable bonds is 6. The van der Waals surface area contributed by atoms with Crippen molar-refractivity contribution in [2.24, 2.45) is 0 Å². The summed E-state index contributed by atoms with van der Waals surface area (Å²) in [6.45, 7) is 6.35. The molecule has 0 spiro atoms. The molecule has 2 aromatic rings. The van der Waals surface area contributed by atoms with E-state index < -0.39 is 6.10 Å². The van der Waals surface area contributed by atoms with Crippen molar-refractivity contribution < 1.29 is 14.3 Å². The molecule has 0 saturated heterocycles. The predicted molar refractivity (Wildman–Crippen MR) is 116 cm³/mol. The van der Waals surface area contributed by atoms with Crippen molar-refractivity contribution in [3.63, 3.8) is 0 Å². The predicted octanol–water partition coefficient (Wildman–Crippen LogP) is 3.93. The van der Waals surface area contributed by atoms with Crippen LogP contribution in [0, 0.1) is 6.92 Å². The van der Waals surface area contributed by atoms with Gasteiger partial charge >= 0.3 is 0 Å². The number of benzene rings is 2. The van der Waals surface area contributed by atoms with E-state index in [1.54, 1.807) is 6.92 Å². The molecule has 2 aromatic carbocycles. The minimum Gasteiger partial charge on any atom is -0.481 e. The third kappa shape index (κ3) is 4.35. The van der Waals surface area contributed by atoms with Crippen molar-refractivity contribution in [2.45, 2.75) is 64.6 Å². The van der Waals surface area contributed by atoms with E-state index in [2.05, 4.69) is 36.5 Å². The van der Waals surface area contributed by atoms with Gasteiger partial charge in [0.15, 0.2) is 6.10 Å². The number of nitrogens with zero attached hydrogens (tertiary/aromatic N) is 1. The largest absolute Gasteiger partial charge is 0.481 e. The van der Waals surface area contributed by atoms with Crippen LogP contribution < -0.4 is 10.1 Å². The molecule has 158 valence electrons. The van der Waals surface area contributed by atoms with Crippen molar-refractivity contribution in [3.05, 3.63) is 64.7 Å². The van der Waals surface area contributed by atoms with Gasteiger partial charge in [0.1, 0.15) is 5.75 Å². The molecule has 2 amide bonds. The Labute approximate surface area is 178 Å². The first kappa shape index (κ1) is 20.5. The molecular weight excluding hydrogens is 376 g/mol. The molecule has 1 fully saturated rings. The second-order valence-corrected chi connectivity index (χ2v) is 8.44. The Kier molecular flexibility index (Phi) is 5.80. The van der Waals surface area contributed by atoms with Gasteiger partial charge in [0.2, 0.25) is 5.91 Å². The highest BCUT2D eigenvalue weighted by Crippen LogP contribution is 2.37. The third-order valence-corrected chi connectivity index (χ3v) is 5.97. The van der Waals surface area contributed by atoms with Crippen LogP contribution >= 0.6 is 0 Å². The van der Waals surface area contributed by atoms with E-state index in [4.69, 9.17) is 4.74 Å². The van der Waals surface area contributed by atoms with E-state index in [-0.39, 0.29) is 17.9 Å². The smallest absolute Gasteiger partial charge is 0.261 e. The molecular formula is C25H30N2O3. The van der Waals surface area contributed by atoms with Crippen molar-refractivity contribution >= 4 is 11.8 Å². The quantitative estimate of drug-likeness (QED) is 0.791. The molecule has 1 heterocycles. The van der Waals surface area contributed by atoms with Crippen LogP contribution in [0.5, 0.6) is 5.75 Å². The van der Waals surface area contributed by atoms with Crippen LogP contribution in [-0.2, 0) is 16.0 Å². The second kappa shape index (κ2) is 8.50. The summed E-state index contributed by atoms with van der Waals surface area (Å²) in [6.07, 6.45) is 3.03. The summed E-state index contributed by atoms with van der Waals surface area (Å²) < 4.78 is 6.11. The Morgan fingerprint density at radius 2 is 2.00 bits per heavy atom. The zero-order valence-corrected chi connectivity index (χ0v) is 18.0. The monoisotopic (exact) mass is 406 g/mol. The minimum absolute atomic E-state index is 0.0432. The zero-order chi connectivity index (χ0) is 21.3. The second-order valence-electron chi connectivity index (χ2n) is 8.44. The number of amides is 2. The average molecular weight is 407 g/mol. The summed E-state index contributed by atoms with van der Waals surface area (Å²) in [7, 11) is 0. The van der Waals surface area contributed by atoms with E-state index in [0.717, 1.165) is 30.4 Å². The first-order valence-corrected chi connectivity index (χ1v) is 10.9. The standard InChI is InChI=1S/C25H30N2O3/c1-4-23(25(29)26-20-9-10-20)30-21-11-8-18-12-13-27(17(3)28)24(22(18)15-21)19-7-5-6-16(2)14-19/h5-8,11,14-15,20,23-24H,4,9-10,12-13H2,1-3H3,(H,26,29)/t23-,24+/m1/s1. The highest BCUT2D eigenvalue weighted by atomic mass is 16.5. The van der Waals surface area contributed by atoms with Crippen molar-refractivity contribution in [2.75, 3.05) is 6.54 Å². The van der Waals surface area contributed by atoms with Gasteiger partial charge in [0.25, 0.3) is 5.91 Å². The molecule has 2 aliphatic rings. The Morgan fingerprint density at radius 1 is 1.20 bits per heavy atom. The maximum atomic E-state index is 12.5. The topological polar surface area (TPSA) is 58.6 Å². The molecule has 1 aliphatic heterocycles. The molecule has 0 aromatic heterocycles.